The van der Waals surface area contributed by atoms with Crippen LogP contribution < -0.4 is 15.6 Å². The third kappa shape index (κ3) is 4.62. The van der Waals surface area contributed by atoms with Gasteiger partial charge in [-0.1, -0.05) is 54.6 Å². The SMILES string of the molecule is CC1(CCc2ccccc2)NC(=O)N(NC(=O)c2ccc(N3CCc4ccccc4C3)cc2)C1=O. The second-order valence-corrected chi connectivity index (χ2v) is 9.32. The number of carbonyl (C=O) groups is 3. The number of fused-ring (bicyclic) bond motifs is 1. The van der Waals surface area contributed by atoms with E-state index < -0.39 is 23.4 Å². The van der Waals surface area contributed by atoms with Crippen molar-refractivity contribution in [1.29, 1.82) is 0 Å². The molecule has 1 atom stereocenters. The first-order chi connectivity index (χ1) is 16.9. The van der Waals surface area contributed by atoms with Gasteiger partial charge in [-0.25, -0.2) is 4.79 Å². The summed E-state index contributed by atoms with van der Waals surface area (Å²) in [6, 6.07) is 24.8. The van der Waals surface area contributed by atoms with Crippen LogP contribution in [0.4, 0.5) is 10.5 Å². The molecule has 2 aliphatic heterocycles. The number of imide groups is 1. The molecule has 0 aliphatic carbocycles. The Kier molecular flexibility index (Phi) is 5.99. The highest BCUT2D eigenvalue weighted by molar-refractivity contribution is 6.09. The molecule has 2 N–H and O–H groups in total. The Hall–Kier alpha value is -4.13. The van der Waals surface area contributed by atoms with Gasteiger partial charge in [-0.05, 0) is 67.1 Å². The number of hydrogen-bond donors (Lipinski definition) is 2. The van der Waals surface area contributed by atoms with Crippen molar-refractivity contribution < 1.29 is 14.4 Å². The highest BCUT2D eigenvalue weighted by Gasteiger charge is 2.48. The number of benzene rings is 3. The standard InChI is InChI=1S/C28H28N4O3/c1-28(17-15-20-7-3-2-4-8-20)26(34)32(27(35)29-28)30-25(33)22-11-13-24(14-12-22)31-18-16-21-9-5-6-10-23(21)19-31/h2-14H,15-19H2,1H3,(H,29,35)(H,30,33). The summed E-state index contributed by atoms with van der Waals surface area (Å²) in [5, 5.41) is 3.53. The molecule has 1 fully saturated rings. The number of aryl methyl sites for hydroxylation is 1. The number of carbonyl (C=O) groups excluding carboxylic acids is 3. The van der Waals surface area contributed by atoms with Crippen LogP contribution in [0.5, 0.6) is 0 Å². The van der Waals surface area contributed by atoms with E-state index >= 15 is 0 Å². The number of nitrogens with one attached hydrogen (secondary N) is 2. The summed E-state index contributed by atoms with van der Waals surface area (Å²) < 4.78 is 0. The van der Waals surface area contributed by atoms with Gasteiger partial charge in [0.2, 0.25) is 0 Å². The monoisotopic (exact) mass is 468 g/mol. The van der Waals surface area contributed by atoms with Gasteiger partial charge >= 0.3 is 6.03 Å². The Bertz CT molecular complexity index is 1260. The van der Waals surface area contributed by atoms with E-state index in [-0.39, 0.29) is 0 Å². The summed E-state index contributed by atoms with van der Waals surface area (Å²) in [6.45, 7) is 3.42. The van der Waals surface area contributed by atoms with Crippen molar-refractivity contribution in [3.8, 4) is 0 Å². The van der Waals surface area contributed by atoms with Crippen LogP contribution in [0.1, 0.15) is 40.4 Å². The van der Waals surface area contributed by atoms with E-state index in [1.165, 1.54) is 11.1 Å². The third-order valence-corrected chi connectivity index (χ3v) is 6.86. The van der Waals surface area contributed by atoms with Gasteiger partial charge in [0.25, 0.3) is 11.8 Å². The van der Waals surface area contributed by atoms with Gasteiger partial charge in [-0.2, -0.15) is 5.01 Å². The molecule has 7 heteroatoms. The van der Waals surface area contributed by atoms with E-state index in [2.05, 4.69) is 39.9 Å². The molecule has 0 spiro atoms. The summed E-state index contributed by atoms with van der Waals surface area (Å²) in [5.41, 5.74) is 6.58. The summed E-state index contributed by atoms with van der Waals surface area (Å²) in [6.07, 6.45) is 2.04. The van der Waals surface area contributed by atoms with Gasteiger partial charge < -0.3 is 10.2 Å². The van der Waals surface area contributed by atoms with Crippen LogP contribution in [0, 0.1) is 0 Å². The fourth-order valence-corrected chi connectivity index (χ4v) is 4.70. The molecule has 7 nitrogen and oxygen atoms in total. The van der Waals surface area contributed by atoms with Gasteiger partial charge in [-0.3, -0.25) is 15.0 Å². The molecule has 178 valence electrons. The second-order valence-electron chi connectivity index (χ2n) is 9.32. The molecular weight excluding hydrogens is 440 g/mol. The maximum atomic E-state index is 13.0. The summed E-state index contributed by atoms with van der Waals surface area (Å²) in [4.78, 5) is 40.6. The molecule has 5 rings (SSSR count). The lowest BCUT2D eigenvalue weighted by Gasteiger charge is -2.30. The predicted octanol–water partition coefficient (Wildman–Crippen LogP) is 3.84. The van der Waals surface area contributed by atoms with Crippen LogP contribution in [-0.4, -0.2) is 34.9 Å². The van der Waals surface area contributed by atoms with E-state index in [0.29, 0.717) is 18.4 Å². The van der Waals surface area contributed by atoms with Gasteiger partial charge in [0.15, 0.2) is 0 Å². The average Bonchev–Trinajstić information content (AvgIpc) is 3.11. The molecule has 4 amide bonds. The van der Waals surface area contributed by atoms with Crippen molar-refractivity contribution >= 4 is 23.5 Å². The predicted molar refractivity (Wildman–Crippen MR) is 134 cm³/mol. The van der Waals surface area contributed by atoms with Crippen LogP contribution in [0.15, 0.2) is 78.9 Å². The fraction of sp³-hybridized carbons (Fsp3) is 0.250. The zero-order chi connectivity index (χ0) is 24.4. The average molecular weight is 469 g/mol. The first-order valence-corrected chi connectivity index (χ1v) is 11.9. The topological polar surface area (TPSA) is 81.8 Å². The van der Waals surface area contributed by atoms with Crippen molar-refractivity contribution in [3.63, 3.8) is 0 Å². The second kappa shape index (κ2) is 9.25. The third-order valence-electron chi connectivity index (χ3n) is 6.86. The number of hydrogen-bond acceptors (Lipinski definition) is 4. The minimum Gasteiger partial charge on any atom is -0.367 e. The number of rotatable bonds is 6. The Labute approximate surface area is 204 Å². The maximum Gasteiger partial charge on any atom is 0.344 e. The largest absolute Gasteiger partial charge is 0.367 e. The van der Waals surface area contributed by atoms with E-state index in [0.717, 1.165) is 35.8 Å². The Balaban J connectivity index is 1.21. The van der Waals surface area contributed by atoms with Crippen molar-refractivity contribution in [2.24, 2.45) is 0 Å². The lowest BCUT2D eigenvalue weighted by Crippen LogP contribution is -2.48. The van der Waals surface area contributed by atoms with Crippen molar-refractivity contribution in [2.45, 2.75) is 38.3 Å². The maximum absolute atomic E-state index is 13.0. The highest BCUT2D eigenvalue weighted by atomic mass is 16.2. The number of urea groups is 1. The lowest BCUT2D eigenvalue weighted by molar-refractivity contribution is -0.132. The Morgan fingerprint density at radius 1 is 0.943 bits per heavy atom. The van der Waals surface area contributed by atoms with Crippen LogP contribution in [-0.2, 0) is 24.2 Å². The summed E-state index contributed by atoms with van der Waals surface area (Å²) in [5.74, 6) is -0.966. The number of hydrazine groups is 1. The molecule has 3 aromatic rings. The quantitative estimate of drug-likeness (QED) is 0.539. The van der Waals surface area contributed by atoms with Crippen molar-refractivity contribution in [2.75, 3.05) is 11.4 Å². The molecule has 2 aliphatic rings. The summed E-state index contributed by atoms with van der Waals surface area (Å²) >= 11 is 0. The molecule has 1 saturated heterocycles. The molecular formula is C28H28N4O3. The van der Waals surface area contributed by atoms with E-state index in [9.17, 15) is 14.4 Å². The fourth-order valence-electron chi connectivity index (χ4n) is 4.70. The Morgan fingerprint density at radius 3 is 2.37 bits per heavy atom. The van der Waals surface area contributed by atoms with E-state index in [1.807, 2.05) is 42.5 Å². The number of nitrogens with zero attached hydrogens (tertiary/aromatic N) is 2. The van der Waals surface area contributed by atoms with E-state index in [1.54, 1.807) is 19.1 Å². The molecule has 0 bridgehead atoms. The van der Waals surface area contributed by atoms with Gasteiger partial charge in [0, 0.05) is 24.3 Å². The van der Waals surface area contributed by atoms with E-state index in [4.69, 9.17) is 0 Å². The number of amides is 4. The van der Waals surface area contributed by atoms with Crippen LogP contribution in [0.2, 0.25) is 0 Å². The first kappa shape index (κ1) is 22.7. The molecule has 0 radical (unpaired) electrons. The zero-order valence-corrected chi connectivity index (χ0v) is 19.7. The summed E-state index contributed by atoms with van der Waals surface area (Å²) in [7, 11) is 0. The molecule has 0 aromatic heterocycles. The first-order valence-electron chi connectivity index (χ1n) is 11.9. The van der Waals surface area contributed by atoms with Gasteiger partial charge in [0.05, 0.1) is 0 Å². The normalized spacial score (nSPS) is 19.3. The minimum absolute atomic E-state index is 0.379. The number of anilines is 1. The molecule has 0 saturated carbocycles. The van der Waals surface area contributed by atoms with Gasteiger partial charge in [0.1, 0.15) is 5.54 Å². The minimum atomic E-state index is -1.07. The highest BCUT2D eigenvalue weighted by Crippen LogP contribution is 2.25. The van der Waals surface area contributed by atoms with Crippen molar-refractivity contribution in [1.82, 2.24) is 15.8 Å². The smallest absolute Gasteiger partial charge is 0.344 e. The molecule has 2 heterocycles. The van der Waals surface area contributed by atoms with Crippen LogP contribution >= 0.6 is 0 Å². The zero-order valence-electron chi connectivity index (χ0n) is 19.7. The van der Waals surface area contributed by atoms with Gasteiger partial charge in [-0.15, -0.1) is 0 Å². The van der Waals surface area contributed by atoms with Crippen LogP contribution in [0.3, 0.4) is 0 Å². The lowest BCUT2D eigenvalue weighted by atomic mass is 9.93. The van der Waals surface area contributed by atoms with Crippen LogP contribution in [0.25, 0.3) is 0 Å². The molecule has 3 aromatic carbocycles. The van der Waals surface area contributed by atoms with Crippen molar-refractivity contribution in [3.05, 3.63) is 101 Å². The Morgan fingerprint density at radius 2 is 1.63 bits per heavy atom. The molecule has 35 heavy (non-hydrogen) atoms. The molecule has 1 unspecified atom stereocenters.